The largest absolute Gasteiger partial charge is 0.367 e. The monoisotopic (exact) mass is 302 g/mol. The number of carbonyl (C=O) groups excluding carboxylic acids is 1. The first-order valence-corrected chi connectivity index (χ1v) is 8.40. The Morgan fingerprint density at radius 2 is 1.59 bits per heavy atom. The van der Waals surface area contributed by atoms with Gasteiger partial charge in [0, 0.05) is 37.3 Å². The number of hydrogen-bond acceptors (Lipinski definition) is 2. The molecule has 1 heterocycles. The average molecular weight is 302 g/mol. The van der Waals surface area contributed by atoms with Gasteiger partial charge in [-0.2, -0.15) is 0 Å². The molecule has 1 aromatic carbocycles. The predicted molar refractivity (Wildman–Crippen MR) is 93.4 cm³/mol. The molecule has 0 aliphatic carbocycles. The summed E-state index contributed by atoms with van der Waals surface area (Å²) in [4.78, 5) is 16.6. The molecule has 2 rings (SSSR count). The molecule has 0 radical (unpaired) electrons. The fraction of sp³-hybridized carbons (Fsp3) is 0.632. The molecule has 1 aromatic rings. The molecule has 122 valence electrons. The van der Waals surface area contributed by atoms with Crippen molar-refractivity contribution in [2.75, 3.05) is 18.0 Å². The lowest BCUT2D eigenvalue weighted by Gasteiger charge is -2.45. The van der Waals surface area contributed by atoms with Crippen LogP contribution in [0.15, 0.2) is 24.3 Å². The van der Waals surface area contributed by atoms with E-state index in [0.29, 0.717) is 6.42 Å². The van der Waals surface area contributed by atoms with Crippen molar-refractivity contribution in [3.63, 3.8) is 0 Å². The molecule has 0 saturated carbocycles. The van der Waals surface area contributed by atoms with E-state index in [1.807, 2.05) is 6.92 Å². The second kappa shape index (κ2) is 6.31. The SMILES string of the molecule is CCC(=O)N1C(C)CN(c2ccc(C(C)(C)C)cc2)CC1C. The molecule has 2 unspecified atom stereocenters. The maximum atomic E-state index is 12.1. The third-order valence-corrected chi connectivity index (χ3v) is 4.61. The third-order valence-electron chi connectivity index (χ3n) is 4.61. The molecule has 1 aliphatic rings. The molecule has 1 amide bonds. The van der Waals surface area contributed by atoms with Gasteiger partial charge in [-0.15, -0.1) is 0 Å². The minimum Gasteiger partial charge on any atom is -0.367 e. The fourth-order valence-electron chi connectivity index (χ4n) is 3.38. The van der Waals surface area contributed by atoms with Gasteiger partial charge >= 0.3 is 0 Å². The van der Waals surface area contributed by atoms with Gasteiger partial charge in [-0.05, 0) is 37.0 Å². The Bertz CT molecular complexity index is 503. The van der Waals surface area contributed by atoms with Gasteiger partial charge in [0.1, 0.15) is 0 Å². The lowest BCUT2D eigenvalue weighted by molar-refractivity contribution is -0.135. The van der Waals surface area contributed by atoms with Crippen LogP contribution < -0.4 is 4.90 Å². The molecule has 2 atom stereocenters. The van der Waals surface area contributed by atoms with E-state index in [1.165, 1.54) is 11.3 Å². The van der Waals surface area contributed by atoms with E-state index < -0.39 is 0 Å². The molecule has 0 bridgehead atoms. The third kappa shape index (κ3) is 3.45. The zero-order chi connectivity index (χ0) is 16.5. The highest BCUT2D eigenvalue weighted by molar-refractivity contribution is 5.77. The molecular weight excluding hydrogens is 272 g/mol. The van der Waals surface area contributed by atoms with Gasteiger partial charge in [-0.3, -0.25) is 4.79 Å². The smallest absolute Gasteiger partial charge is 0.222 e. The van der Waals surface area contributed by atoms with Gasteiger partial charge in [0.2, 0.25) is 5.91 Å². The second-order valence-electron chi connectivity index (χ2n) is 7.55. The van der Waals surface area contributed by atoms with Crippen LogP contribution in [0.3, 0.4) is 0 Å². The molecule has 1 aliphatic heterocycles. The zero-order valence-electron chi connectivity index (χ0n) is 14.9. The van der Waals surface area contributed by atoms with Crippen LogP contribution in [0, 0.1) is 0 Å². The summed E-state index contributed by atoms with van der Waals surface area (Å²) in [6.45, 7) is 14.8. The van der Waals surface area contributed by atoms with Crippen molar-refractivity contribution in [1.29, 1.82) is 0 Å². The first-order chi connectivity index (χ1) is 10.2. The fourth-order valence-corrected chi connectivity index (χ4v) is 3.38. The minimum atomic E-state index is 0.186. The standard InChI is InChI=1S/C19H30N2O/c1-7-18(22)21-14(2)12-20(13-15(21)3)17-10-8-16(9-11-17)19(4,5)6/h8-11,14-15H,7,12-13H2,1-6H3. The Labute approximate surface area is 135 Å². The summed E-state index contributed by atoms with van der Waals surface area (Å²) in [6, 6.07) is 9.42. The number of benzene rings is 1. The average Bonchev–Trinajstić information content (AvgIpc) is 2.45. The summed E-state index contributed by atoms with van der Waals surface area (Å²) in [5.41, 5.74) is 2.80. The highest BCUT2D eigenvalue weighted by Gasteiger charge is 2.32. The molecular formula is C19H30N2O. The van der Waals surface area contributed by atoms with Crippen LogP contribution in [0.5, 0.6) is 0 Å². The Morgan fingerprint density at radius 1 is 1.09 bits per heavy atom. The van der Waals surface area contributed by atoms with Crippen molar-refractivity contribution in [3.8, 4) is 0 Å². The maximum Gasteiger partial charge on any atom is 0.222 e. The topological polar surface area (TPSA) is 23.6 Å². The first kappa shape index (κ1) is 16.9. The molecule has 22 heavy (non-hydrogen) atoms. The molecule has 3 nitrogen and oxygen atoms in total. The first-order valence-electron chi connectivity index (χ1n) is 8.40. The summed E-state index contributed by atoms with van der Waals surface area (Å²) in [5, 5.41) is 0. The number of piperazine rings is 1. The van der Waals surface area contributed by atoms with Crippen molar-refractivity contribution >= 4 is 11.6 Å². The Balaban J connectivity index is 2.13. The van der Waals surface area contributed by atoms with Gasteiger partial charge in [-0.25, -0.2) is 0 Å². The minimum absolute atomic E-state index is 0.186. The van der Waals surface area contributed by atoms with E-state index >= 15 is 0 Å². The Morgan fingerprint density at radius 3 is 2.00 bits per heavy atom. The van der Waals surface area contributed by atoms with E-state index in [4.69, 9.17) is 0 Å². The number of carbonyl (C=O) groups is 1. The number of anilines is 1. The summed E-state index contributed by atoms with van der Waals surface area (Å²) < 4.78 is 0. The quantitative estimate of drug-likeness (QED) is 0.829. The van der Waals surface area contributed by atoms with Crippen LogP contribution in [-0.4, -0.2) is 36.0 Å². The van der Waals surface area contributed by atoms with Crippen molar-refractivity contribution < 1.29 is 4.79 Å². The van der Waals surface area contributed by atoms with Gasteiger partial charge < -0.3 is 9.80 Å². The van der Waals surface area contributed by atoms with Gasteiger partial charge in [0.25, 0.3) is 0 Å². The number of rotatable bonds is 2. The Kier molecular flexibility index (Phi) is 4.84. The Hall–Kier alpha value is -1.51. The van der Waals surface area contributed by atoms with Crippen LogP contribution in [0.2, 0.25) is 0 Å². The highest BCUT2D eigenvalue weighted by Crippen LogP contribution is 2.27. The molecule has 3 heteroatoms. The van der Waals surface area contributed by atoms with Gasteiger partial charge in [0.15, 0.2) is 0 Å². The molecule has 0 spiro atoms. The van der Waals surface area contributed by atoms with Crippen molar-refractivity contribution in [2.45, 2.75) is 65.5 Å². The number of nitrogens with zero attached hydrogens (tertiary/aromatic N) is 2. The van der Waals surface area contributed by atoms with Crippen LogP contribution in [0.4, 0.5) is 5.69 Å². The van der Waals surface area contributed by atoms with Gasteiger partial charge in [-0.1, -0.05) is 39.8 Å². The summed E-state index contributed by atoms with van der Waals surface area (Å²) in [7, 11) is 0. The van der Waals surface area contributed by atoms with E-state index in [-0.39, 0.29) is 23.4 Å². The predicted octanol–water partition coefficient (Wildman–Crippen LogP) is 3.82. The zero-order valence-corrected chi connectivity index (χ0v) is 14.9. The van der Waals surface area contributed by atoms with E-state index in [0.717, 1.165) is 13.1 Å². The number of hydrogen-bond donors (Lipinski definition) is 0. The van der Waals surface area contributed by atoms with E-state index in [1.54, 1.807) is 0 Å². The van der Waals surface area contributed by atoms with Gasteiger partial charge in [0.05, 0.1) is 0 Å². The van der Waals surface area contributed by atoms with Crippen LogP contribution in [0.1, 0.15) is 53.5 Å². The molecule has 0 N–H and O–H groups in total. The molecule has 0 aromatic heterocycles. The van der Waals surface area contributed by atoms with Crippen molar-refractivity contribution in [1.82, 2.24) is 4.90 Å². The summed E-state index contributed by atoms with van der Waals surface area (Å²) >= 11 is 0. The van der Waals surface area contributed by atoms with E-state index in [2.05, 4.69) is 68.7 Å². The van der Waals surface area contributed by atoms with Crippen LogP contribution in [0.25, 0.3) is 0 Å². The molecule has 1 fully saturated rings. The van der Waals surface area contributed by atoms with Crippen molar-refractivity contribution in [2.24, 2.45) is 0 Å². The lowest BCUT2D eigenvalue weighted by atomic mass is 9.87. The maximum absolute atomic E-state index is 12.1. The number of amides is 1. The summed E-state index contributed by atoms with van der Waals surface area (Å²) in [6.07, 6.45) is 0.592. The normalized spacial score (nSPS) is 22.8. The van der Waals surface area contributed by atoms with Crippen molar-refractivity contribution in [3.05, 3.63) is 29.8 Å². The van der Waals surface area contributed by atoms with Crippen LogP contribution in [-0.2, 0) is 10.2 Å². The summed E-state index contributed by atoms with van der Waals surface area (Å²) in [5.74, 6) is 0.266. The lowest BCUT2D eigenvalue weighted by Crippen LogP contribution is -2.58. The molecule has 1 saturated heterocycles. The van der Waals surface area contributed by atoms with E-state index in [9.17, 15) is 4.79 Å². The second-order valence-corrected chi connectivity index (χ2v) is 7.55. The van der Waals surface area contributed by atoms with Crippen LogP contribution >= 0.6 is 0 Å². The highest BCUT2D eigenvalue weighted by atomic mass is 16.2.